The van der Waals surface area contributed by atoms with Gasteiger partial charge in [-0.2, -0.15) is 5.26 Å². The van der Waals surface area contributed by atoms with Crippen molar-refractivity contribution in [1.82, 2.24) is 0 Å². The summed E-state index contributed by atoms with van der Waals surface area (Å²) in [5, 5.41) is 8.66. The summed E-state index contributed by atoms with van der Waals surface area (Å²) in [6, 6.07) is 13.8. The minimum absolute atomic E-state index is 0.179. The number of hydrogen-bond donors (Lipinski definition) is 0. The lowest BCUT2D eigenvalue weighted by Crippen LogP contribution is -1.98. The van der Waals surface area contributed by atoms with Gasteiger partial charge in [0.15, 0.2) is 0 Å². The number of nitrogens with zero attached hydrogens (tertiary/aromatic N) is 1. The molecule has 0 fully saturated rings. The molecule has 0 aliphatic carbocycles. The summed E-state index contributed by atoms with van der Waals surface area (Å²) < 4.78 is 19.0. The number of hydrogen-bond acceptors (Lipinski definition) is 2. The van der Waals surface area contributed by atoms with Gasteiger partial charge in [0.2, 0.25) is 0 Å². The van der Waals surface area contributed by atoms with E-state index in [1.807, 2.05) is 19.1 Å². The fourth-order valence-corrected chi connectivity index (χ4v) is 1.56. The molecule has 18 heavy (non-hydrogen) atoms. The molecule has 0 saturated carbocycles. The van der Waals surface area contributed by atoms with Crippen LogP contribution < -0.4 is 4.74 Å². The van der Waals surface area contributed by atoms with E-state index in [0.717, 1.165) is 5.56 Å². The number of rotatable bonds is 3. The van der Waals surface area contributed by atoms with Gasteiger partial charge < -0.3 is 4.74 Å². The standard InChI is InChI=1S/C15H12FNO/c1-11-2-5-13(15(16)8-11)10-18-14-6-3-12(9-17)4-7-14/h2-8H,10H2,1H3. The zero-order chi connectivity index (χ0) is 13.0. The molecule has 0 bridgehead atoms. The molecule has 0 saturated heterocycles. The van der Waals surface area contributed by atoms with E-state index in [2.05, 4.69) is 0 Å². The second-order valence-corrected chi connectivity index (χ2v) is 4.02. The fourth-order valence-electron chi connectivity index (χ4n) is 1.56. The predicted molar refractivity (Wildman–Crippen MR) is 66.6 cm³/mol. The molecule has 0 N–H and O–H groups in total. The van der Waals surface area contributed by atoms with Crippen molar-refractivity contribution < 1.29 is 9.13 Å². The Morgan fingerprint density at radius 3 is 2.50 bits per heavy atom. The number of aryl methyl sites for hydroxylation is 1. The summed E-state index contributed by atoms with van der Waals surface area (Å²) in [5.41, 5.74) is 1.98. The first-order valence-electron chi connectivity index (χ1n) is 5.57. The molecule has 0 aliphatic rings. The second kappa shape index (κ2) is 5.33. The van der Waals surface area contributed by atoms with Crippen molar-refractivity contribution in [2.75, 3.05) is 0 Å². The summed E-state index contributed by atoms with van der Waals surface area (Å²) in [6.07, 6.45) is 0. The molecular formula is C15H12FNO. The maximum absolute atomic E-state index is 13.5. The Hall–Kier alpha value is -2.34. The molecule has 2 aromatic rings. The molecule has 2 nitrogen and oxygen atoms in total. The Morgan fingerprint density at radius 2 is 1.89 bits per heavy atom. The van der Waals surface area contributed by atoms with Crippen LogP contribution in [0.15, 0.2) is 42.5 Å². The van der Waals surface area contributed by atoms with Crippen molar-refractivity contribution in [2.24, 2.45) is 0 Å². The highest BCUT2D eigenvalue weighted by molar-refractivity contribution is 5.34. The van der Waals surface area contributed by atoms with E-state index in [0.29, 0.717) is 16.9 Å². The summed E-state index contributed by atoms with van der Waals surface area (Å²) in [4.78, 5) is 0. The average Bonchev–Trinajstić information content (AvgIpc) is 2.38. The Morgan fingerprint density at radius 1 is 1.17 bits per heavy atom. The molecule has 0 atom stereocenters. The van der Waals surface area contributed by atoms with Crippen molar-refractivity contribution in [3.05, 3.63) is 65.0 Å². The largest absolute Gasteiger partial charge is 0.489 e. The van der Waals surface area contributed by atoms with Crippen LogP contribution in [0.5, 0.6) is 5.75 Å². The molecule has 90 valence electrons. The van der Waals surface area contributed by atoms with Crippen LogP contribution in [0.4, 0.5) is 4.39 Å². The molecule has 0 radical (unpaired) electrons. The Kier molecular flexibility index (Phi) is 3.59. The fraction of sp³-hybridized carbons (Fsp3) is 0.133. The van der Waals surface area contributed by atoms with Crippen molar-refractivity contribution >= 4 is 0 Å². The molecule has 2 rings (SSSR count). The zero-order valence-electron chi connectivity index (χ0n) is 9.98. The van der Waals surface area contributed by atoms with Crippen molar-refractivity contribution in [3.63, 3.8) is 0 Å². The first-order valence-corrected chi connectivity index (χ1v) is 5.57. The van der Waals surface area contributed by atoms with Gasteiger partial charge in [0.25, 0.3) is 0 Å². The Labute approximate surface area is 105 Å². The quantitative estimate of drug-likeness (QED) is 0.822. The minimum atomic E-state index is -0.261. The first-order chi connectivity index (χ1) is 8.69. The number of nitriles is 1. The molecule has 2 aromatic carbocycles. The van der Waals surface area contributed by atoms with Gasteiger partial charge in [-0.05, 0) is 42.8 Å². The summed E-state index contributed by atoms with van der Waals surface area (Å²) in [5.74, 6) is 0.359. The summed E-state index contributed by atoms with van der Waals surface area (Å²) in [6.45, 7) is 2.02. The van der Waals surface area contributed by atoms with Gasteiger partial charge in [0, 0.05) is 5.56 Å². The Balaban J connectivity index is 2.04. The predicted octanol–water partition coefficient (Wildman–Crippen LogP) is 3.58. The SMILES string of the molecule is Cc1ccc(COc2ccc(C#N)cc2)c(F)c1. The smallest absolute Gasteiger partial charge is 0.130 e. The monoisotopic (exact) mass is 241 g/mol. The topological polar surface area (TPSA) is 33.0 Å². The van der Waals surface area contributed by atoms with Crippen molar-refractivity contribution in [3.8, 4) is 11.8 Å². The third-order valence-corrected chi connectivity index (χ3v) is 2.59. The molecule has 0 aromatic heterocycles. The van der Waals surface area contributed by atoms with E-state index in [1.165, 1.54) is 6.07 Å². The third kappa shape index (κ3) is 2.86. The van der Waals surface area contributed by atoms with Crippen LogP contribution in [0.1, 0.15) is 16.7 Å². The highest BCUT2D eigenvalue weighted by Crippen LogP contribution is 2.16. The molecule has 3 heteroatoms. The van der Waals surface area contributed by atoms with Gasteiger partial charge in [-0.1, -0.05) is 12.1 Å². The van der Waals surface area contributed by atoms with Gasteiger partial charge in [-0.25, -0.2) is 4.39 Å². The van der Waals surface area contributed by atoms with Gasteiger partial charge >= 0.3 is 0 Å². The molecule has 0 aliphatic heterocycles. The maximum atomic E-state index is 13.5. The van der Waals surface area contributed by atoms with E-state index in [9.17, 15) is 4.39 Å². The van der Waals surface area contributed by atoms with Crippen LogP contribution in [-0.4, -0.2) is 0 Å². The third-order valence-electron chi connectivity index (χ3n) is 2.59. The van der Waals surface area contributed by atoms with E-state index in [-0.39, 0.29) is 12.4 Å². The normalized spacial score (nSPS) is 9.83. The van der Waals surface area contributed by atoms with Crippen LogP contribution in [0.3, 0.4) is 0 Å². The number of benzene rings is 2. The second-order valence-electron chi connectivity index (χ2n) is 4.02. The molecule has 0 unspecified atom stereocenters. The van der Waals surface area contributed by atoms with Crippen LogP contribution in [0, 0.1) is 24.1 Å². The molecule has 0 spiro atoms. The molecule has 0 amide bonds. The Bertz CT molecular complexity index is 584. The van der Waals surface area contributed by atoms with E-state index < -0.39 is 0 Å². The van der Waals surface area contributed by atoms with Crippen LogP contribution in [0.25, 0.3) is 0 Å². The van der Waals surface area contributed by atoms with Crippen LogP contribution in [-0.2, 0) is 6.61 Å². The minimum Gasteiger partial charge on any atom is -0.489 e. The van der Waals surface area contributed by atoms with Gasteiger partial charge in [-0.3, -0.25) is 0 Å². The number of halogens is 1. The van der Waals surface area contributed by atoms with E-state index in [1.54, 1.807) is 30.3 Å². The molecular weight excluding hydrogens is 229 g/mol. The first kappa shape index (κ1) is 12.1. The van der Waals surface area contributed by atoms with Gasteiger partial charge in [0.05, 0.1) is 11.6 Å². The van der Waals surface area contributed by atoms with Gasteiger partial charge in [-0.15, -0.1) is 0 Å². The zero-order valence-corrected chi connectivity index (χ0v) is 9.98. The van der Waals surface area contributed by atoms with E-state index >= 15 is 0 Å². The average molecular weight is 241 g/mol. The van der Waals surface area contributed by atoms with Crippen LogP contribution in [0.2, 0.25) is 0 Å². The summed E-state index contributed by atoms with van der Waals surface area (Å²) >= 11 is 0. The lowest BCUT2D eigenvalue weighted by atomic mass is 10.1. The highest BCUT2D eigenvalue weighted by atomic mass is 19.1. The number of ether oxygens (including phenoxy) is 1. The highest BCUT2D eigenvalue weighted by Gasteiger charge is 2.03. The molecule has 0 heterocycles. The maximum Gasteiger partial charge on any atom is 0.130 e. The lowest BCUT2D eigenvalue weighted by molar-refractivity contribution is 0.300. The lowest BCUT2D eigenvalue weighted by Gasteiger charge is -2.07. The van der Waals surface area contributed by atoms with Crippen LogP contribution >= 0.6 is 0 Å². The van der Waals surface area contributed by atoms with E-state index in [4.69, 9.17) is 10.00 Å². The van der Waals surface area contributed by atoms with Crippen molar-refractivity contribution in [1.29, 1.82) is 5.26 Å². The van der Waals surface area contributed by atoms with Gasteiger partial charge in [0.1, 0.15) is 18.2 Å². The van der Waals surface area contributed by atoms with Crippen molar-refractivity contribution in [2.45, 2.75) is 13.5 Å². The summed E-state index contributed by atoms with van der Waals surface area (Å²) in [7, 11) is 0.